The highest BCUT2D eigenvalue weighted by Crippen LogP contribution is 2.13. The van der Waals surface area contributed by atoms with E-state index in [2.05, 4.69) is 0 Å². The zero-order valence-corrected chi connectivity index (χ0v) is 8.13. The maximum atomic E-state index is 11.1. The highest BCUT2D eigenvalue weighted by molar-refractivity contribution is 8.17. The second-order valence-corrected chi connectivity index (χ2v) is 5.03. The van der Waals surface area contributed by atoms with Gasteiger partial charge in [-0.2, -0.15) is 11.3 Å². The number of nitrogens with one attached hydrogen (secondary N) is 1. The summed E-state index contributed by atoms with van der Waals surface area (Å²) in [5, 5.41) is 3.12. The van der Waals surface area contributed by atoms with Gasteiger partial charge in [0.1, 0.15) is 0 Å². The fourth-order valence-electron chi connectivity index (χ4n) is 0.525. The maximum absolute atomic E-state index is 11.1. The molecule has 0 aliphatic rings. The van der Waals surface area contributed by atoms with Crippen molar-refractivity contribution in [2.45, 2.75) is 4.90 Å². The van der Waals surface area contributed by atoms with Crippen LogP contribution in [0.25, 0.3) is 0 Å². The van der Waals surface area contributed by atoms with Crippen molar-refractivity contribution in [2.75, 3.05) is 0 Å². The molecule has 0 atom stereocenters. The number of hydrogen-bond donors (Lipinski definition) is 1. The third kappa shape index (κ3) is 2.31. The Kier molecular flexibility index (Phi) is 3.27. The summed E-state index contributed by atoms with van der Waals surface area (Å²) in [4.78, 5) is 9.90. The number of carbonyl (C=O) groups excluding carboxylic acids is 1. The minimum absolute atomic E-state index is 0.162. The first-order chi connectivity index (χ1) is 5.67. The van der Waals surface area contributed by atoms with Crippen LogP contribution in [0.4, 0.5) is 0 Å². The first-order valence-corrected chi connectivity index (χ1v) is 5.98. The number of rotatable bonds is 4. The molecule has 0 amide bonds. The molecule has 0 aliphatic heterocycles. The summed E-state index contributed by atoms with van der Waals surface area (Å²) in [6.45, 7) is 0. The zero-order valence-electron chi connectivity index (χ0n) is 5.68. The Hall–Kier alpha value is -0.370. The topological polar surface area (TPSA) is 63.2 Å². The summed E-state index contributed by atoms with van der Waals surface area (Å²) < 4.78 is 24.3. The molecule has 1 aromatic heterocycles. The van der Waals surface area contributed by atoms with Gasteiger partial charge in [0.25, 0.3) is 15.6 Å². The highest BCUT2D eigenvalue weighted by atomic mass is 32.3. The normalized spacial score (nSPS) is 11.3. The van der Waals surface area contributed by atoms with Crippen LogP contribution in [0.2, 0.25) is 0 Å². The Morgan fingerprint density at radius 1 is 1.58 bits per heavy atom. The van der Waals surface area contributed by atoms with Crippen LogP contribution < -0.4 is 4.13 Å². The summed E-state index contributed by atoms with van der Waals surface area (Å²) in [6, 6.07) is 1.46. The second-order valence-electron chi connectivity index (χ2n) is 1.73. The van der Waals surface area contributed by atoms with E-state index in [-0.39, 0.29) is 4.90 Å². The highest BCUT2D eigenvalue weighted by Gasteiger charge is 2.13. The molecule has 0 fully saturated rings. The van der Waals surface area contributed by atoms with E-state index in [9.17, 15) is 13.2 Å². The van der Waals surface area contributed by atoms with E-state index < -0.39 is 10.0 Å². The number of thiophene rings is 1. The fraction of sp³-hybridized carbons (Fsp3) is 0. The maximum Gasteiger partial charge on any atom is 0.283 e. The molecule has 1 aromatic rings. The van der Waals surface area contributed by atoms with Gasteiger partial charge in [-0.1, -0.05) is 0 Å². The smallest absolute Gasteiger partial charge is 0.276 e. The van der Waals surface area contributed by atoms with Crippen molar-refractivity contribution in [3.8, 4) is 0 Å². The van der Waals surface area contributed by atoms with E-state index in [1.54, 1.807) is 5.38 Å². The van der Waals surface area contributed by atoms with E-state index in [1.807, 2.05) is 4.13 Å². The zero-order chi connectivity index (χ0) is 9.03. The molecular formula is C5H4NO3S3. The molecule has 1 N–H and O–H groups in total. The largest absolute Gasteiger partial charge is 0.283 e. The van der Waals surface area contributed by atoms with Gasteiger partial charge in [0.05, 0.1) is 4.90 Å². The Morgan fingerprint density at radius 3 is 2.83 bits per heavy atom. The molecule has 12 heavy (non-hydrogen) atoms. The number of hydrogen-bond acceptors (Lipinski definition) is 5. The molecule has 0 aromatic carbocycles. The lowest BCUT2D eigenvalue weighted by Crippen LogP contribution is -2.15. The van der Waals surface area contributed by atoms with E-state index >= 15 is 0 Å². The van der Waals surface area contributed by atoms with Crippen molar-refractivity contribution in [3.05, 3.63) is 16.8 Å². The standard InChI is InChI=1S/C5H4NO3S3/c7-4-11-6-12(8,9)5-1-2-10-3-5/h1-3,6H. The summed E-state index contributed by atoms with van der Waals surface area (Å²) in [5.74, 6) is 0. The van der Waals surface area contributed by atoms with Gasteiger partial charge in [0.2, 0.25) is 0 Å². The van der Waals surface area contributed by atoms with Gasteiger partial charge in [-0.15, -0.1) is 4.13 Å². The Labute approximate surface area is 78.2 Å². The fourth-order valence-corrected chi connectivity index (χ4v) is 3.01. The van der Waals surface area contributed by atoms with Gasteiger partial charge in [0.15, 0.2) is 0 Å². The van der Waals surface area contributed by atoms with Crippen LogP contribution in [0.15, 0.2) is 21.7 Å². The minimum atomic E-state index is -3.52. The van der Waals surface area contributed by atoms with Crippen molar-refractivity contribution in [1.82, 2.24) is 4.13 Å². The second kappa shape index (κ2) is 4.04. The summed E-state index contributed by atoms with van der Waals surface area (Å²) in [6.07, 6.45) is 0. The average molecular weight is 222 g/mol. The van der Waals surface area contributed by atoms with Crippen molar-refractivity contribution in [1.29, 1.82) is 0 Å². The number of sulfonamides is 1. The molecule has 0 spiro atoms. The molecule has 0 bridgehead atoms. The predicted octanol–water partition coefficient (Wildman–Crippen LogP) is 0.742. The molecule has 0 saturated heterocycles. The van der Waals surface area contributed by atoms with E-state index in [0.29, 0.717) is 11.9 Å². The van der Waals surface area contributed by atoms with E-state index in [0.717, 1.165) is 0 Å². The monoisotopic (exact) mass is 222 g/mol. The molecule has 0 aliphatic carbocycles. The Balaban J connectivity index is 2.80. The predicted molar refractivity (Wildman–Crippen MR) is 47.9 cm³/mol. The van der Waals surface area contributed by atoms with E-state index in [1.165, 1.54) is 28.4 Å². The van der Waals surface area contributed by atoms with Gasteiger partial charge in [0, 0.05) is 17.3 Å². The van der Waals surface area contributed by atoms with Crippen LogP contribution in [0.1, 0.15) is 0 Å². The molecule has 7 heteroatoms. The summed E-state index contributed by atoms with van der Waals surface area (Å²) >= 11 is 1.65. The molecule has 0 saturated carbocycles. The van der Waals surface area contributed by atoms with Crippen LogP contribution in [-0.4, -0.2) is 14.0 Å². The van der Waals surface area contributed by atoms with Crippen LogP contribution in [0.3, 0.4) is 0 Å². The third-order valence-electron chi connectivity index (χ3n) is 0.998. The molecule has 0 unspecified atom stereocenters. The lowest BCUT2D eigenvalue weighted by atomic mass is 10.7. The first kappa shape index (κ1) is 9.72. The first-order valence-electron chi connectivity index (χ1n) is 2.74. The summed E-state index contributed by atoms with van der Waals surface area (Å²) in [7, 11) is -3.52. The van der Waals surface area contributed by atoms with Crippen molar-refractivity contribution >= 4 is 38.9 Å². The molecule has 1 heterocycles. The van der Waals surface area contributed by atoms with Gasteiger partial charge in [-0.05, 0) is 11.4 Å². The van der Waals surface area contributed by atoms with Crippen LogP contribution >= 0.6 is 23.3 Å². The molecule has 1 radical (unpaired) electrons. The van der Waals surface area contributed by atoms with Crippen molar-refractivity contribution in [2.24, 2.45) is 0 Å². The van der Waals surface area contributed by atoms with Crippen LogP contribution in [0.5, 0.6) is 0 Å². The third-order valence-corrected chi connectivity index (χ3v) is 4.00. The van der Waals surface area contributed by atoms with Gasteiger partial charge >= 0.3 is 0 Å². The molecule has 1 rings (SSSR count). The Bertz CT molecular complexity index is 342. The Morgan fingerprint density at radius 2 is 2.33 bits per heavy atom. The van der Waals surface area contributed by atoms with Crippen molar-refractivity contribution in [3.63, 3.8) is 0 Å². The van der Waals surface area contributed by atoms with Crippen LogP contribution in [0, 0.1) is 0 Å². The van der Waals surface area contributed by atoms with Crippen molar-refractivity contribution < 1.29 is 13.2 Å². The van der Waals surface area contributed by atoms with Gasteiger partial charge in [-0.3, -0.25) is 4.79 Å². The minimum Gasteiger partial charge on any atom is -0.276 e. The quantitative estimate of drug-likeness (QED) is 0.763. The molecule has 65 valence electrons. The van der Waals surface area contributed by atoms with Gasteiger partial charge < -0.3 is 0 Å². The van der Waals surface area contributed by atoms with Crippen LogP contribution in [-0.2, 0) is 14.8 Å². The molecular weight excluding hydrogens is 218 g/mol. The lowest BCUT2D eigenvalue weighted by molar-refractivity contribution is 0.569. The van der Waals surface area contributed by atoms with Gasteiger partial charge in [-0.25, -0.2) is 8.42 Å². The SMILES string of the molecule is O=[C]SNS(=O)(=O)c1ccsc1. The average Bonchev–Trinajstić information content (AvgIpc) is 2.53. The van der Waals surface area contributed by atoms with E-state index in [4.69, 9.17) is 0 Å². The molecule has 4 nitrogen and oxygen atoms in total. The summed E-state index contributed by atoms with van der Waals surface area (Å²) in [5.41, 5.74) is 1.37. The lowest BCUT2D eigenvalue weighted by Gasteiger charge is -1.97.